The molecule has 13 heteroatoms. The molecule has 1 aliphatic heterocycles. The number of hydrazine groups is 1. The fourth-order valence-electron chi connectivity index (χ4n) is 5.45. The van der Waals surface area contributed by atoms with Gasteiger partial charge in [0.1, 0.15) is 17.4 Å². The Morgan fingerprint density at radius 1 is 1.04 bits per heavy atom. The zero-order valence-corrected chi connectivity index (χ0v) is 27.4. The first-order valence-electron chi connectivity index (χ1n) is 15.2. The van der Waals surface area contributed by atoms with E-state index in [1.165, 1.54) is 12.1 Å². The second-order valence-electron chi connectivity index (χ2n) is 11.1. The van der Waals surface area contributed by atoms with Crippen LogP contribution < -0.4 is 15.6 Å². The van der Waals surface area contributed by atoms with Crippen molar-refractivity contribution in [3.05, 3.63) is 145 Å². The van der Waals surface area contributed by atoms with E-state index in [9.17, 15) is 13.6 Å². The number of aliphatic imine (C=N–C) groups is 1. The van der Waals surface area contributed by atoms with Crippen LogP contribution in [0.15, 0.2) is 106 Å². The minimum absolute atomic E-state index is 0.0190. The van der Waals surface area contributed by atoms with Gasteiger partial charge in [-0.2, -0.15) is 0 Å². The number of hydrogen-bond donors (Lipinski definition) is 3. The van der Waals surface area contributed by atoms with Gasteiger partial charge in [-0.25, -0.2) is 19.2 Å². The first-order valence-corrected chi connectivity index (χ1v) is 16.0. The molecule has 0 aromatic heterocycles. The molecule has 2 atom stereocenters. The van der Waals surface area contributed by atoms with Crippen LogP contribution in [0.1, 0.15) is 40.3 Å². The van der Waals surface area contributed by atoms with Gasteiger partial charge in [-0.3, -0.25) is 10.2 Å². The number of aliphatic hydroxyl groups excluding tert-OH is 1. The van der Waals surface area contributed by atoms with Crippen LogP contribution in [0.4, 0.5) is 8.78 Å². The summed E-state index contributed by atoms with van der Waals surface area (Å²) in [5.74, 6) is -1.05. The lowest BCUT2D eigenvalue weighted by Gasteiger charge is -2.32. The predicted molar refractivity (Wildman–Crippen MR) is 180 cm³/mol. The zero-order chi connectivity index (χ0) is 33.9. The Bertz CT molecular complexity index is 1800. The van der Waals surface area contributed by atoms with Crippen LogP contribution in [0.3, 0.4) is 0 Å². The molecule has 48 heavy (non-hydrogen) atoms. The Hall–Kier alpha value is -4.81. The number of nitrogens with one attached hydrogen (secondary N) is 2. The number of amides is 1. The molecule has 0 bridgehead atoms. The van der Waals surface area contributed by atoms with Gasteiger partial charge in [0.25, 0.3) is 5.91 Å². The molecule has 4 aromatic carbocycles. The molecule has 0 spiro atoms. The van der Waals surface area contributed by atoms with Gasteiger partial charge in [0.05, 0.1) is 13.2 Å². The second-order valence-corrected chi connectivity index (χ2v) is 11.9. The maximum Gasteiger partial charge on any atom is 0.266 e. The zero-order valence-electron chi connectivity index (χ0n) is 25.8. The molecule has 1 amide bonds. The van der Waals surface area contributed by atoms with Crippen LogP contribution in [0.2, 0.25) is 0 Å². The van der Waals surface area contributed by atoms with E-state index in [0.29, 0.717) is 41.0 Å². The molecule has 0 saturated heterocycles. The van der Waals surface area contributed by atoms with Crippen LogP contribution in [0, 0.1) is 11.6 Å². The van der Waals surface area contributed by atoms with Crippen molar-refractivity contribution >= 4 is 27.7 Å². The number of carbonyl (C=O) groups excluding carboxylic acids is 1. The van der Waals surface area contributed by atoms with Gasteiger partial charge in [0.2, 0.25) is 5.90 Å². The Kier molecular flexibility index (Phi) is 11.8. The van der Waals surface area contributed by atoms with Crippen LogP contribution in [-0.2, 0) is 28.9 Å². The Labute approximate surface area is 284 Å². The van der Waals surface area contributed by atoms with Crippen molar-refractivity contribution in [1.29, 1.82) is 0 Å². The second kappa shape index (κ2) is 16.3. The maximum absolute atomic E-state index is 14.5. The van der Waals surface area contributed by atoms with Gasteiger partial charge in [-0.15, -0.1) is 0 Å². The van der Waals surface area contributed by atoms with Gasteiger partial charge in [0.15, 0.2) is 11.6 Å². The van der Waals surface area contributed by atoms with Gasteiger partial charge < -0.3 is 14.6 Å². The Balaban J connectivity index is 1.53. The van der Waals surface area contributed by atoms with Crippen molar-refractivity contribution in [2.75, 3.05) is 19.8 Å². The summed E-state index contributed by atoms with van der Waals surface area (Å²) in [5, 5.41) is 12.8. The molecule has 248 valence electrons. The van der Waals surface area contributed by atoms with Crippen molar-refractivity contribution in [2.45, 2.75) is 37.5 Å². The number of nitrogens with zero attached hydrogens (tertiary/aromatic N) is 4. The summed E-state index contributed by atoms with van der Waals surface area (Å²) in [6.45, 7) is 0.572. The van der Waals surface area contributed by atoms with E-state index in [1.807, 2.05) is 42.5 Å². The summed E-state index contributed by atoms with van der Waals surface area (Å²) < 4.78 is 40.5. The third kappa shape index (κ3) is 8.36. The summed E-state index contributed by atoms with van der Waals surface area (Å²) in [6.07, 6.45) is -0.107. The molecule has 0 aliphatic carbocycles. The number of halogens is 3. The monoisotopic (exact) mass is 718 g/mol. The highest BCUT2D eigenvalue weighted by atomic mass is 79.9. The standard InChI is InChI=1S/C35H33BrF2N6O4/c36-31-9-4-2-6-25(31)21-35(34(46)43-40-15-14-23-18-27(37)20-28(38)19-23)32(30-8-3-1-7-26(30)22-41-44-39)48-33(42-35)24-10-12-29(13-11-24)47-17-5-16-45/h1-4,6-13,18-20,32,40,45H,5,14-17,21-22H2,(H,43,46)/t32-,35-/m0/s1. The van der Waals surface area contributed by atoms with Crippen LogP contribution in [0.25, 0.3) is 10.4 Å². The quantitative estimate of drug-likeness (QED) is 0.0415. The number of rotatable bonds is 15. The summed E-state index contributed by atoms with van der Waals surface area (Å²) in [5.41, 5.74) is 16.3. The van der Waals surface area contributed by atoms with Crippen molar-refractivity contribution in [3.63, 3.8) is 0 Å². The van der Waals surface area contributed by atoms with E-state index in [0.717, 1.165) is 16.1 Å². The number of hydrogen-bond acceptors (Lipinski definition) is 7. The van der Waals surface area contributed by atoms with E-state index in [4.69, 9.17) is 25.1 Å². The summed E-state index contributed by atoms with van der Waals surface area (Å²) in [7, 11) is 0. The van der Waals surface area contributed by atoms with Crippen molar-refractivity contribution in [3.8, 4) is 5.75 Å². The molecule has 3 N–H and O–H groups in total. The molecule has 1 aliphatic rings. The van der Waals surface area contributed by atoms with Gasteiger partial charge in [-0.1, -0.05) is 63.5 Å². The molecule has 5 rings (SSSR count). The summed E-state index contributed by atoms with van der Waals surface area (Å²) in [4.78, 5) is 22.4. The Morgan fingerprint density at radius 2 is 1.75 bits per heavy atom. The Morgan fingerprint density at radius 3 is 2.46 bits per heavy atom. The van der Waals surface area contributed by atoms with Crippen molar-refractivity contribution < 1.29 is 28.2 Å². The third-order valence-corrected chi connectivity index (χ3v) is 8.53. The van der Waals surface area contributed by atoms with Crippen LogP contribution in [-0.4, -0.2) is 42.2 Å². The van der Waals surface area contributed by atoms with Gasteiger partial charge in [0, 0.05) is 47.0 Å². The average molecular weight is 720 g/mol. The van der Waals surface area contributed by atoms with Crippen molar-refractivity contribution in [1.82, 2.24) is 10.9 Å². The predicted octanol–water partition coefficient (Wildman–Crippen LogP) is 6.66. The highest BCUT2D eigenvalue weighted by Crippen LogP contribution is 2.44. The fourth-order valence-corrected chi connectivity index (χ4v) is 5.87. The SMILES string of the molecule is [N-]=[N+]=NCc1ccccc1[C@@H]1OC(c2ccc(OCCCO)cc2)=N[C@]1(Cc1ccccc1Br)C(=O)NNCCc1cc(F)cc(F)c1. The lowest BCUT2D eigenvalue weighted by molar-refractivity contribution is -0.130. The van der Waals surface area contributed by atoms with E-state index < -0.39 is 29.2 Å². The van der Waals surface area contributed by atoms with Gasteiger partial charge >= 0.3 is 0 Å². The van der Waals surface area contributed by atoms with E-state index >= 15 is 0 Å². The van der Waals surface area contributed by atoms with E-state index in [2.05, 4.69) is 36.8 Å². The lowest BCUT2D eigenvalue weighted by atomic mass is 9.80. The molecule has 4 aromatic rings. The number of ether oxygens (including phenoxy) is 2. The van der Waals surface area contributed by atoms with Crippen LogP contribution >= 0.6 is 15.9 Å². The minimum atomic E-state index is -1.57. The van der Waals surface area contributed by atoms with E-state index in [1.54, 1.807) is 30.3 Å². The smallest absolute Gasteiger partial charge is 0.266 e. The number of aliphatic hydroxyl groups is 1. The molecule has 0 saturated carbocycles. The highest BCUT2D eigenvalue weighted by Gasteiger charge is 2.54. The molecular formula is C35H33BrF2N6O4. The number of benzene rings is 4. The first kappa shape index (κ1) is 34.5. The topological polar surface area (TPSA) is 141 Å². The largest absolute Gasteiger partial charge is 0.494 e. The molecule has 0 fully saturated rings. The lowest BCUT2D eigenvalue weighted by Crippen LogP contribution is -2.54. The summed E-state index contributed by atoms with van der Waals surface area (Å²) in [6, 6.07) is 25.1. The third-order valence-electron chi connectivity index (χ3n) is 7.75. The molecular weight excluding hydrogens is 686 g/mol. The van der Waals surface area contributed by atoms with E-state index in [-0.39, 0.29) is 38.4 Å². The maximum atomic E-state index is 14.5. The highest BCUT2D eigenvalue weighted by molar-refractivity contribution is 9.10. The number of carbonyl (C=O) groups is 1. The molecule has 1 heterocycles. The molecule has 0 unspecified atom stereocenters. The molecule has 10 nitrogen and oxygen atoms in total. The first-order chi connectivity index (χ1) is 23.3. The minimum Gasteiger partial charge on any atom is -0.494 e. The fraction of sp³-hybridized carbons (Fsp3) is 0.257. The normalized spacial score (nSPS) is 16.8. The summed E-state index contributed by atoms with van der Waals surface area (Å²) >= 11 is 3.61. The van der Waals surface area contributed by atoms with Crippen LogP contribution in [0.5, 0.6) is 5.75 Å². The van der Waals surface area contributed by atoms with Crippen molar-refractivity contribution in [2.24, 2.45) is 10.1 Å². The van der Waals surface area contributed by atoms with Gasteiger partial charge in [-0.05, 0) is 76.7 Å². The number of azide groups is 1. The average Bonchev–Trinajstić information content (AvgIpc) is 3.47. The molecule has 0 radical (unpaired) electrons.